The Labute approximate surface area is 265 Å². The average molecular weight is 754 g/mol. The summed E-state index contributed by atoms with van der Waals surface area (Å²) in [6, 6.07) is 6.67. The third-order valence-corrected chi connectivity index (χ3v) is 6.40. The van der Waals surface area contributed by atoms with E-state index in [1.54, 1.807) is 0 Å². The highest BCUT2D eigenvalue weighted by Crippen LogP contribution is 2.54. The Bertz CT molecular complexity index is 1570. The zero-order valence-electron chi connectivity index (χ0n) is 23.5. The largest absolute Gasteiger partial charge is 0.460 e. The minimum Gasteiger partial charge on any atom is -0.294 e. The van der Waals surface area contributed by atoms with E-state index < -0.39 is 95.0 Å². The Hall–Kier alpha value is -4.58. The van der Waals surface area contributed by atoms with Crippen molar-refractivity contribution in [1.29, 1.82) is 0 Å². The van der Waals surface area contributed by atoms with Crippen LogP contribution in [0.25, 0.3) is 0 Å². The zero-order chi connectivity index (χ0) is 39.1. The van der Waals surface area contributed by atoms with Crippen molar-refractivity contribution in [2.24, 2.45) is 0 Å². The van der Waals surface area contributed by atoms with E-state index in [9.17, 15) is 98.2 Å². The van der Waals surface area contributed by atoms with Gasteiger partial charge in [-0.05, 0) is 24.3 Å². The lowest BCUT2D eigenvalue weighted by atomic mass is 9.95. The molecule has 0 unspecified atom stereocenters. The van der Waals surface area contributed by atoms with Crippen LogP contribution in [-0.4, -0.2) is 71.0 Å². The summed E-state index contributed by atoms with van der Waals surface area (Å²) in [5.41, 5.74) is -1.51. The fourth-order valence-corrected chi connectivity index (χ4v) is 3.44. The van der Waals surface area contributed by atoms with Crippen molar-refractivity contribution in [2.75, 3.05) is 0 Å². The number of carbonyl (C=O) groups is 4. The summed E-state index contributed by atoms with van der Waals surface area (Å²) in [7, 11) is 0. The van der Waals surface area contributed by atoms with Crippen molar-refractivity contribution in [2.45, 2.75) is 60.7 Å². The molecule has 0 aliphatic heterocycles. The fourth-order valence-electron chi connectivity index (χ4n) is 3.44. The van der Waals surface area contributed by atoms with Crippen LogP contribution in [0.15, 0.2) is 48.5 Å². The van der Waals surface area contributed by atoms with Gasteiger partial charge in [0, 0.05) is 22.3 Å². The molecule has 2 aromatic carbocycles. The number of carbonyl (C=O) groups excluding carboxylic acids is 4. The van der Waals surface area contributed by atoms with E-state index in [2.05, 4.69) is 11.8 Å². The third kappa shape index (κ3) is 7.45. The highest BCUT2D eigenvalue weighted by molar-refractivity contribution is 6.11. The number of hydrogen-bond acceptors (Lipinski definition) is 4. The second-order valence-corrected chi connectivity index (χ2v) is 9.89. The van der Waals surface area contributed by atoms with Gasteiger partial charge >= 0.3 is 47.9 Å². The average Bonchev–Trinajstić information content (AvgIpc) is 2.98. The van der Waals surface area contributed by atoms with Crippen LogP contribution in [0.4, 0.5) is 79.0 Å². The van der Waals surface area contributed by atoms with E-state index in [4.69, 9.17) is 0 Å². The SMILES string of the molecule is O=C(CC(=O)C(F)(F)C(F)(F)C(F)(F)C(F)(F)F)c1ccc(C#Cc2ccc(C(=O)CC(=O)C(F)(F)C(F)(F)C(F)(F)C(F)(F)F)cc2)cc1. The smallest absolute Gasteiger partial charge is 0.294 e. The first-order valence-corrected chi connectivity index (χ1v) is 12.5. The summed E-state index contributed by atoms with van der Waals surface area (Å²) < 4.78 is 234. The number of halogens is 18. The number of rotatable bonds is 12. The Balaban J connectivity index is 2.13. The zero-order valence-corrected chi connectivity index (χ0v) is 23.5. The van der Waals surface area contributed by atoms with Crippen molar-refractivity contribution >= 4 is 23.1 Å². The number of Topliss-reactive ketones (excluding diaryl/α,β-unsaturated/α-hetero) is 4. The van der Waals surface area contributed by atoms with E-state index in [0.717, 1.165) is 48.5 Å². The van der Waals surface area contributed by atoms with Crippen molar-refractivity contribution in [3.8, 4) is 11.8 Å². The molecular weight excluding hydrogens is 742 g/mol. The third-order valence-electron chi connectivity index (χ3n) is 6.40. The second kappa shape index (κ2) is 13.3. The molecule has 0 heterocycles. The molecule has 0 saturated carbocycles. The molecule has 50 heavy (non-hydrogen) atoms. The number of hydrogen-bond donors (Lipinski definition) is 0. The Morgan fingerprint density at radius 3 is 0.860 bits per heavy atom. The molecule has 0 bridgehead atoms. The van der Waals surface area contributed by atoms with Crippen LogP contribution in [0.1, 0.15) is 44.7 Å². The summed E-state index contributed by atoms with van der Waals surface area (Å²) in [6.45, 7) is 0. The van der Waals surface area contributed by atoms with Crippen LogP contribution in [0.5, 0.6) is 0 Å². The predicted octanol–water partition coefficient (Wildman–Crippen LogP) is 8.31. The summed E-state index contributed by atoms with van der Waals surface area (Å²) >= 11 is 0. The van der Waals surface area contributed by atoms with Crippen LogP contribution in [0, 0.1) is 11.8 Å². The maximum atomic E-state index is 13.7. The minimum absolute atomic E-state index is 0.0564. The molecule has 0 aliphatic carbocycles. The molecule has 0 saturated heterocycles. The molecular formula is C28H12F18O4. The quantitative estimate of drug-likeness (QED) is 0.0947. The van der Waals surface area contributed by atoms with Gasteiger partial charge in [0.2, 0.25) is 11.6 Å². The lowest BCUT2D eigenvalue weighted by Crippen LogP contribution is -2.63. The first-order chi connectivity index (χ1) is 22.3. The molecule has 2 rings (SSSR count). The van der Waals surface area contributed by atoms with Crippen molar-refractivity contribution in [3.63, 3.8) is 0 Å². The van der Waals surface area contributed by atoms with Gasteiger partial charge in [-0.2, -0.15) is 79.0 Å². The first-order valence-electron chi connectivity index (χ1n) is 12.5. The molecule has 0 radical (unpaired) electrons. The summed E-state index contributed by atoms with van der Waals surface area (Å²) in [4.78, 5) is 47.2. The summed E-state index contributed by atoms with van der Waals surface area (Å²) in [6.07, 6.45) is -18.9. The maximum absolute atomic E-state index is 13.7. The van der Waals surface area contributed by atoms with Crippen LogP contribution in [0.3, 0.4) is 0 Å². The molecule has 0 aliphatic rings. The van der Waals surface area contributed by atoms with Gasteiger partial charge in [0.1, 0.15) is 0 Å². The predicted molar refractivity (Wildman–Crippen MR) is 129 cm³/mol. The van der Waals surface area contributed by atoms with Gasteiger partial charge in [0.25, 0.3) is 0 Å². The van der Waals surface area contributed by atoms with Crippen molar-refractivity contribution < 1.29 is 98.2 Å². The van der Waals surface area contributed by atoms with Gasteiger partial charge in [-0.15, -0.1) is 0 Å². The van der Waals surface area contributed by atoms with Gasteiger partial charge < -0.3 is 0 Å². The number of ketones is 4. The topological polar surface area (TPSA) is 68.3 Å². The molecule has 0 N–H and O–H groups in total. The van der Waals surface area contributed by atoms with Gasteiger partial charge in [-0.3, -0.25) is 19.2 Å². The fraction of sp³-hybridized carbons (Fsp3) is 0.357. The monoisotopic (exact) mass is 754 g/mol. The van der Waals surface area contributed by atoms with Crippen LogP contribution in [-0.2, 0) is 9.59 Å². The van der Waals surface area contributed by atoms with Gasteiger partial charge in [0.05, 0.1) is 12.8 Å². The second-order valence-electron chi connectivity index (χ2n) is 9.89. The van der Waals surface area contributed by atoms with Crippen LogP contribution in [0.2, 0.25) is 0 Å². The normalized spacial score (nSPS) is 13.7. The molecule has 0 fully saturated rings. The first kappa shape index (κ1) is 41.6. The van der Waals surface area contributed by atoms with E-state index in [1.807, 2.05) is 0 Å². The highest BCUT2D eigenvalue weighted by Gasteiger charge is 2.84. The van der Waals surface area contributed by atoms with Crippen molar-refractivity contribution in [1.82, 2.24) is 0 Å². The maximum Gasteiger partial charge on any atom is 0.460 e. The summed E-state index contributed by atoms with van der Waals surface area (Å²) in [5.74, 6) is -47.8. The molecule has 4 nitrogen and oxygen atoms in total. The van der Waals surface area contributed by atoms with Gasteiger partial charge in [-0.1, -0.05) is 36.1 Å². The standard InChI is InChI=1S/C28H12F18O4/c29-21(30,23(33,34)25(37,38)27(41,42)43)19(49)11-17(47)15-7-3-13(4-8-15)1-2-14-5-9-16(10-6-14)18(48)12-20(50)22(31,32)24(35,36)26(39,40)28(44,45)46/h3-10H,11-12H2. The van der Waals surface area contributed by atoms with E-state index >= 15 is 0 Å². The summed E-state index contributed by atoms with van der Waals surface area (Å²) in [5, 5.41) is 0. The Morgan fingerprint density at radius 2 is 0.640 bits per heavy atom. The number of alkyl halides is 18. The van der Waals surface area contributed by atoms with E-state index in [1.165, 1.54) is 0 Å². The van der Waals surface area contributed by atoms with E-state index in [0.29, 0.717) is 0 Å². The molecule has 0 amide bonds. The molecule has 274 valence electrons. The van der Waals surface area contributed by atoms with Gasteiger partial charge in [-0.25, -0.2) is 0 Å². The lowest BCUT2D eigenvalue weighted by molar-refractivity contribution is -0.388. The van der Waals surface area contributed by atoms with Crippen LogP contribution < -0.4 is 0 Å². The van der Waals surface area contributed by atoms with Gasteiger partial charge in [0.15, 0.2) is 11.6 Å². The molecule has 0 aromatic heterocycles. The van der Waals surface area contributed by atoms with Crippen LogP contribution >= 0.6 is 0 Å². The molecule has 0 atom stereocenters. The molecule has 0 spiro atoms. The van der Waals surface area contributed by atoms with E-state index in [-0.39, 0.29) is 11.1 Å². The molecule has 22 heteroatoms. The Morgan fingerprint density at radius 1 is 0.400 bits per heavy atom. The molecule has 2 aromatic rings. The highest BCUT2D eigenvalue weighted by atomic mass is 19.4. The minimum atomic E-state index is -7.36. The number of benzene rings is 2. The Kier molecular flexibility index (Phi) is 11.0. The lowest BCUT2D eigenvalue weighted by Gasteiger charge is -2.32. The van der Waals surface area contributed by atoms with Crippen molar-refractivity contribution in [3.05, 3.63) is 70.8 Å².